The van der Waals surface area contributed by atoms with Crippen LogP contribution in [-0.4, -0.2) is 53.7 Å². The lowest BCUT2D eigenvalue weighted by atomic mass is 9.93. The van der Waals surface area contributed by atoms with E-state index < -0.39 is 18.0 Å². The number of ether oxygens (including phenoxy) is 1. The number of nitrogens with one attached hydrogen (secondary N) is 1. The number of hydrogen-bond donors (Lipinski definition) is 2. The lowest BCUT2D eigenvalue weighted by molar-refractivity contribution is -0.143. The maximum absolute atomic E-state index is 12.9. The largest absolute Gasteiger partial charge is 0.481 e. The predicted molar refractivity (Wildman–Crippen MR) is 126 cm³/mol. The number of carbonyl (C=O) groups excluding carboxylic acids is 2. The Balaban J connectivity index is 1.17. The van der Waals surface area contributed by atoms with Gasteiger partial charge in [0.2, 0.25) is 5.91 Å². The van der Waals surface area contributed by atoms with Crippen molar-refractivity contribution in [2.45, 2.75) is 44.6 Å². The average molecular weight is 463 g/mol. The van der Waals surface area contributed by atoms with Gasteiger partial charge in [-0.1, -0.05) is 55.5 Å². The number of carboxylic acid groups (broad SMARTS) is 1. The zero-order valence-electron chi connectivity index (χ0n) is 19.3. The Labute approximate surface area is 199 Å². The van der Waals surface area contributed by atoms with E-state index in [1.165, 1.54) is 11.1 Å². The molecule has 7 heteroatoms. The van der Waals surface area contributed by atoms with Gasteiger partial charge in [0.25, 0.3) is 0 Å². The molecule has 1 heterocycles. The minimum atomic E-state index is -0.823. The fraction of sp³-hybridized carbons (Fsp3) is 0.444. The van der Waals surface area contributed by atoms with Crippen LogP contribution < -0.4 is 5.32 Å². The first-order chi connectivity index (χ1) is 16.4. The molecule has 2 aliphatic carbocycles. The average Bonchev–Trinajstić information content (AvgIpc) is 3.38. The highest BCUT2D eigenvalue weighted by Crippen LogP contribution is 2.56. The van der Waals surface area contributed by atoms with Crippen LogP contribution in [-0.2, 0) is 14.3 Å². The molecule has 2 fully saturated rings. The molecule has 34 heavy (non-hydrogen) atoms. The molecule has 1 saturated heterocycles. The molecule has 1 unspecified atom stereocenters. The van der Waals surface area contributed by atoms with Crippen molar-refractivity contribution in [3.05, 3.63) is 59.7 Å². The van der Waals surface area contributed by atoms with E-state index in [1.54, 1.807) is 4.90 Å². The molecule has 3 aliphatic rings. The molecule has 2 aromatic carbocycles. The summed E-state index contributed by atoms with van der Waals surface area (Å²) < 4.78 is 5.62. The number of carbonyl (C=O) groups is 3. The smallest absolute Gasteiger partial charge is 0.407 e. The summed E-state index contributed by atoms with van der Waals surface area (Å²) in [5.74, 6) is -1.43. The van der Waals surface area contributed by atoms with Crippen LogP contribution in [0.3, 0.4) is 0 Å². The number of benzene rings is 2. The van der Waals surface area contributed by atoms with E-state index in [-0.39, 0.29) is 42.9 Å². The van der Waals surface area contributed by atoms with Gasteiger partial charge in [0.1, 0.15) is 6.61 Å². The van der Waals surface area contributed by atoms with Crippen LogP contribution in [0.5, 0.6) is 0 Å². The standard InChI is InChI=1S/C27H30N2O5/c1-2-17(13-24(30)29-14-23(25(31)32)27(16-29)11-12-27)28-26(33)34-15-22-20-9-5-3-7-18(20)19-8-4-6-10-21(19)22/h3-10,17,22-23H,2,11-16H2,1H3,(H,28,33)(H,31,32)/t17-,23?/m1/s1. The Hall–Kier alpha value is -3.35. The Morgan fingerprint density at radius 2 is 1.71 bits per heavy atom. The molecule has 0 radical (unpaired) electrons. The van der Waals surface area contributed by atoms with E-state index >= 15 is 0 Å². The van der Waals surface area contributed by atoms with E-state index in [2.05, 4.69) is 29.6 Å². The minimum Gasteiger partial charge on any atom is -0.481 e. The first-order valence-corrected chi connectivity index (χ1v) is 12.0. The van der Waals surface area contributed by atoms with Crippen molar-refractivity contribution >= 4 is 18.0 Å². The highest BCUT2D eigenvalue weighted by Gasteiger charge is 2.58. The number of fused-ring (bicyclic) bond motifs is 3. The van der Waals surface area contributed by atoms with Crippen LogP contribution in [0.2, 0.25) is 0 Å². The number of aliphatic carboxylic acids is 1. The number of likely N-dealkylation sites (tertiary alicyclic amines) is 1. The van der Waals surface area contributed by atoms with E-state index in [0.29, 0.717) is 13.0 Å². The summed E-state index contributed by atoms with van der Waals surface area (Å²) in [5.41, 5.74) is 4.40. The van der Waals surface area contributed by atoms with Gasteiger partial charge in [-0.05, 0) is 41.5 Å². The van der Waals surface area contributed by atoms with Gasteiger partial charge in [0.15, 0.2) is 0 Å². The van der Waals surface area contributed by atoms with Crippen LogP contribution in [0, 0.1) is 11.3 Å². The highest BCUT2D eigenvalue weighted by molar-refractivity contribution is 5.81. The summed E-state index contributed by atoms with van der Waals surface area (Å²) in [6.45, 7) is 2.90. The fourth-order valence-electron chi connectivity index (χ4n) is 5.61. The van der Waals surface area contributed by atoms with Gasteiger partial charge in [0, 0.05) is 36.9 Å². The molecule has 1 saturated carbocycles. The van der Waals surface area contributed by atoms with Gasteiger partial charge in [-0.3, -0.25) is 9.59 Å². The van der Waals surface area contributed by atoms with Crippen LogP contribution in [0.4, 0.5) is 4.79 Å². The molecule has 2 amide bonds. The van der Waals surface area contributed by atoms with Crippen molar-refractivity contribution < 1.29 is 24.2 Å². The Morgan fingerprint density at radius 3 is 2.24 bits per heavy atom. The van der Waals surface area contributed by atoms with Crippen LogP contribution in [0.25, 0.3) is 11.1 Å². The van der Waals surface area contributed by atoms with E-state index in [1.807, 2.05) is 31.2 Å². The molecule has 2 aromatic rings. The lowest BCUT2D eigenvalue weighted by Crippen LogP contribution is -2.40. The maximum atomic E-state index is 12.9. The minimum absolute atomic E-state index is 0.0212. The van der Waals surface area contributed by atoms with Gasteiger partial charge in [0.05, 0.1) is 5.92 Å². The molecular formula is C27H30N2O5. The van der Waals surface area contributed by atoms with E-state index in [9.17, 15) is 19.5 Å². The molecule has 0 bridgehead atoms. The summed E-state index contributed by atoms with van der Waals surface area (Å²) >= 11 is 0. The van der Waals surface area contributed by atoms with Crippen molar-refractivity contribution in [3.63, 3.8) is 0 Å². The quantitative estimate of drug-likeness (QED) is 0.648. The molecule has 1 spiro atoms. The molecule has 2 atom stereocenters. The van der Waals surface area contributed by atoms with Gasteiger partial charge in [-0.15, -0.1) is 0 Å². The second kappa shape index (κ2) is 8.78. The summed E-state index contributed by atoms with van der Waals surface area (Å²) in [6, 6.07) is 16.0. The highest BCUT2D eigenvalue weighted by atomic mass is 16.5. The maximum Gasteiger partial charge on any atom is 0.407 e. The number of rotatable bonds is 7. The summed E-state index contributed by atoms with van der Waals surface area (Å²) in [6.07, 6.45) is 1.91. The van der Waals surface area contributed by atoms with Crippen molar-refractivity contribution in [1.82, 2.24) is 10.2 Å². The molecule has 0 aromatic heterocycles. The topological polar surface area (TPSA) is 95.9 Å². The number of alkyl carbamates (subject to hydrolysis) is 1. The van der Waals surface area contributed by atoms with E-state index in [4.69, 9.17) is 4.74 Å². The SMILES string of the molecule is CC[C@H](CC(=O)N1CC(C(=O)O)C2(CC2)C1)NC(=O)OCC1c2ccccc2-c2ccccc21. The molecular weight excluding hydrogens is 432 g/mol. The van der Waals surface area contributed by atoms with Crippen LogP contribution >= 0.6 is 0 Å². The summed E-state index contributed by atoms with van der Waals surface area (Å²) in [4.78, 5) is 38.7. The molecule has 1 aliphatic heterocycles. The fourth-order valence-corrected chi connectivity index (χ4v) is 5.61. The Bertz CT molecular complexity index is 1080. The van der Waals surface area contributed by atoms with Crippen molar-refractivity contribution in [2.75, 3.05) is 19.7 Å². The number of nitrogens with zero attached hydrogens (tertiary/aromatic N) is 1. The van der Waals surface area contributed by atoms with E-state index in [0.717, 1.165) is 24.0 Å². The van der Waals surface area contributed by atoms with Crippen LogP contribution in [0.15, 0.2) is 48.5 Å². The number of hydrogen-bond acceptors (Lipinski definition) is 4. The van der Waals surface area contributed by atoms with Crippen molar-refractivity contribution in [2.24, 2.45) is 11.3 Å². The van der Waals surface area contributed by atoms with Gasteiger partial charge >= 0.3 is 12.1 Å². The molecule has 178 valence electrons. The number of carboxylic acids is 1. The Kier molecular flexibility index (Phi) is 5.80. The third-order valence-electron chi connectivity index (χ3n) is 7.77. The van der Waals surface area contributed by atoms with Crippen molar-refractivity contribution in [1.29, 1.82) is 0 Å². The Morgan fingerprint density at radius 1 is 1.09 bits per heavy atom. The number of amides is 2. The molecule has 7 nitrogen and oxygen atoms in total. The van der Waals surface area contributed by atoms with Gasteiger partial charge < -0.3 is 20.1 Å². The van der Waals surface area contributed by atoms with Gasteiger partial charge in [-0.2, -0.15) is 0 Å². The zero-order chi connectivity index (χ0) is 23.9. The lowest BCUT2D eigenvalue weighted by Gasteiger charge is -2.22. The first-order valence-electron chi connectivity index (χ1n) is 12.0. The first kappa shape index (κ1) is 22.4. The van der Waals surface area contributed by atoms with Gasteiger partial charge in [-0.25, -0.2) is 4.79 Å². The second-order valence-corrected chi connectivity index (χ2v) is 9.81. The second-order valence-electron chi connectivity index (χ2n) is 9.81. The zero-order valence-corrected chi connectivity index (χ0v) is 19.3. The predicted octanol–water partition coefficient (Wildman–Crippen LogP) is 4.02. The molecule has 2 N–H and O–H groups in total. The summed E-state index contributed by atoms with van der Waals surface area (Å²) in [7, 11) is 0. The van der Waals surface area contributed by atoms with Crippen molar-refractivity contribution in [3.8, 4) is 11.1 Å². The molecule has 5 rings (SSSR count). The van der Waals surface area contributed by atoms with Crippen LogP contribution in [0.1, 0.15) is 49.7 Å². The monoisotopic (exact) mass is 462 g/mol. The normalized spacial score (nSPS) is 20.5. The summed E-state index contributed by atoms with van der Waals surface area (Å²) in [5, 5.41) is 12.3. The third kappa shape index (κ3) is 4.04. The third-order valence-corrected chi connectivity index (χ3v) is 7.77.